The van der Waals surface area contributed by atoms with Crippen LogP contribution in [0, 0.1) is 0 Å². The first-order valence-corrected chi connectivity index (χ1v) is 12.1. The molecular weight excluding hydrogens is 538 g/mol. The van der Waals surface area contributed by atoms with Gasteiger partial charge in [0.2, 0.25) is 0 Å². The fourth-order valence-corrected chi connectivity index (χ4v) is 5.67. The van der Waals surface area contributed by atoms with E-state index in [2.05, 4.69) is 113 Å². The van der Waals surface area contributed by atoms with E-state index in [4.69, 9.17) is 0 Å². The molecule has 6 rings (SSSR count). The van der Waals surface area contributed by atoms with E-state index in [1.54, 1.807) is 12.4 Å². The van der Waals surface area contributed by atoms with E-state index < -0.39 is 0 Å². The second-order valence-corrected chi connectivity index (χ2v) is 9.74. The minimum atomic E-state index is 1.03. The summed E-state index contributed by atoms with van der Waals surface area (Å²) >= 11 is 7.31. The molecule has 0 fully saturated rings. The van der Waals surface area contributed by atoms with Crippen LogP contribution in [0.1, 0.15) is 0 Å². The van der Waals surface area contributed by atoms with Crippen LogP contribution >= 0.6 is 31.9 Å². The van der Waals surface area contributed by atoms with Gasteiger partial charge in [0.25, 0.3) is 0 Å². The Bertz CT molecular complexity index is 1510. The van der Waals surface area contributed by atoms with Gasteiger partial charge in [-0.05, 0) is 65.7 Å². The smallest absolute Gasteiger partial charge is 0.0541 e. The molecule has 0 spiro atoms. The van der Waals surface area contributed by atoms with Gasteiger partial charge in [0.15, 0.2) is 0 Å². The van der Waals surface area contributed by atoms with Crippen LogP contribution in [0.4, 0.5) is 0 Å². The minimum Gasteiger partial charge on any atom is -0.309 e. The van der Waals surface area contributed by atoms with Gasteiger partial charge in [0.05, 0.1) is 11.0 Å². The van der Waals surface area contributed by atoms with E-state index in [0.29, 0.717) is 0 Å². The number of halogens is 2. The number of benzene rings is 3. The lowest BCUT2D eigenvalue weighted by Crippen LogP contribution is -1.94. The maximum absolute atomic E-state index is 4.31. The Morgan fingerprint density at radius 1 is 0.545 bits per heavy atom. The molecule has 0 saturated carbocycles. The Labute approximate surface area is 208 Å². The molecule has 0 atom stereocenters. The molecule has 3 heterocycles. The molecule has 0 saturated heterocycles. The van der Waals surface area contributed by atoms with Gasteiger partial charge in [0.1, 0.15) is 0 Å². The van der Waals surface area contributed by atoms with Crippen molar-refractivity contribution >= 4 is 53.7 Å². The van der Waals surface area contributed by atoms with Gasteiger partial charge in [-0.1, -0.05) is 56.1 Å². The molecule has 0 aliphatic carbocycles. The number of hydrogen-bond acceptors (Lipinski definition) is 2. The molecule has 0 aliphatic heterocycles. The van der Waals surface area contributed by atoms with Crippen LogP contribution in [-0.4, -0.2) is 14.5 Å². The molecule has 0 amide bonds. The summed E-state index contributed by atoms with van der Waals surface area (Å²) in [5.41, 5.74) is 7.92. The number of pyridine rings is 2. The van der Waals surface area contributed by atoms with Crippen LogP contribution in [-0.2, 0) is 0 Å². The Kier molecular flexibility index (Phi) is 5.08. The molecule has 0 bridgehead atoms. The lowest BCUT2D eigenvalue weighted by molar-refractivity contribution is 1.17. The summed E-state index contributed by atoms with van der Waals surface area (Å²) in [6.07, 6.45) is 7.43. The SMILES string of the molecule is Brc1cc(Br)cc(-n2c3ccc(-c4cccnc4)cc3c3cc(-c4cccnc4)ccc32)c1. The Morgan fingerprint density at radius 2 is 1.06 bits per heavy atom. The second kappa shape index (κ2) is 8.25. The van der Waals surface area contributed by atoms with E-state index in [-0.39, 0.29) is 0 Å². The van der Waals surface area contributed by atoms with E-state index in [1.165, 1.54) is 10.8 Å². The van der Waals surface area contributed by atoms with Crippen molar-refractivity contribution in [2.45, 2.75) is 0 Å². The van der Waals surface area contributed by atoms with Gasteiger partial charge in [-0.2, -0.15) is 0 Å². The fraction of sp³-hybridized carbons (Fsp3) is 0. The topological polar surface area (TPSA) is 30.7 Å². The highest BCUT2D eigenvalue weighted by atomic mass is 79.9. The molecule has 0 N–H and O–H groups in total. The monoisotopic (exact) mass is 553 g/mol. The quantitative estimate of drug-likeness (QED) is 0.220. The summed E-state index contributed by atoms with van der Waals surface area (Å²) in [6, 6.07) is 27.8. The first-order valence-electron chi connectivity index (χ1n) is 10.5. The molecule has 3 aromatic carbocycles. The average Bonchev–Trinajstić information content (AvgIpc) is 3.17. The summed E-state index contributed by atoms with van der Waals surface area (Å²) in [4.78, 5) is 8.61. The normalized spacial score (nSPS) is 11.3. The lowest BCUT2D eigenvalue weighted by atomic mass is 10.0. The molecule has 158 valence electrons. The summed E-state index contributed by atoms with van der Waals surface area (Å²) in [6.45, 7) is 0. The average molecular weight is 555 g/mol. The van der Waals surface area contributed by atoms with Crippen molar-refractivity contribution in [1.29, 1.82) is 0 Å². The number of hydrogen-bond donors (Lipinski definition) is 0. The van der Waals surface area contributed by atoms with Gasteiger partial charge in [0, 0.05) is 61.3 Å². The van der Waals surface area contributed by atoms with Crippen molar-refractivity contribution in [3.05, 3.63) is 113 Å². The van der Waals surface area contributed by atoms with Crippen LogP contribution < -0.4 is 0 Å². The molecule has 3 nitrogen and oxygen atoms in total. The second-order valence-electron chi connectivity index (χ2n) is 7.91. The Hall–Kier alpha value is -3.28. The van der Waals surface area contributed by atoms with Gasteiger partial charge < -0.3 is 4.57 Å². The summed E-state index contributed by atoms with van der Waals surface area (Å²) in [5.74, 6) is 0. The standard InChI is InChI=1S/C28H17Br2N3/c29-22-13-23(30)15-24(14-22)33-27-7-5-18(20-3-1-9-31-16-20)11-25(27)26-12-19(6-8-28(26)33)21-4-2-10-32-17-21/h1-17H. The molecular formula is C28H17Br2N3. The first-order chi connectivity index (χ1) is 16.2. The zero-order valence-corrected chi connectivity index (χ0v) is 20.6. The van der Waals surface area contributed by atoms with Crippen molar-refractivity contribution in [3.8, 4) is 27.9 Å². The van der Waals surface area contributed by atoms with E-state index in [1.807, 2.05) is 24.5 Å². The highest BCUT2D eigenvalue weighted by Crippen LogP contribution is 2.37. The number of aromatic nitrogens is 3. The largest absolute Gasteiger partial charge is 0.309 e. The van der Waals surface area contributed by atoms with Crippen LogP contribution in [0.3, 0.4) is 0 Å². The minimum absolute atomic E-state index is 1.03. The Balaban J connectivity index is 1.68. The maximum atomic E-state index is 4.31. The van der Waals surface area contributed by atoms with Crippen molar-refractivity contribution in [2.24, 2.45) is 0 Å². The third-order valence-corrected chi connectivity index (χ3v) is 6.78. The lowest BCUT2D eigenvalue weighted by Gasteiger charge is -2.10. The van der Waals surface area contributed by atoms with Crippen molar-refractivity contribution in [3.63, 3.8) is 0 Å². The Morgan fingerprint density at radius 3 is 1.52 bits per heavy atom. The maximum Gasteiger partial charge on any atom is 0.0541 e. The van der Waals surface area contributed by atoms with Crippen LogP contribution in [0.25, 0.3) is 49.7 Å². The molecule has 6 aromatic rings. The highest BCUT2D eigenvalue weighted by Gasteiger charge is 2.15. The summed E-state index contributed by atoms with van der Waals surface area (Å²) in [7, 11) is 0. The predicted molar refractivity (Wildman–Crippen MR) is 143 cm³/mol. The molecule has 3 aromatic heterocycles. The summed E-state index contributed by atoms with van der Waals surface area (Å²) < 4.78 is 4.38. The van der Waals surface area contributed by atoms with Gasteiger partial charge in [-0.25, -0.2) is 0 Å². The molecule has 33 heavy (non-hydrogen) atoms. The summed E-state index contributed by atoms with van der Waals surface area (Å²) in [5, 5.41) is 2.40. The molecule has 0 aliphatic rings. The number of fused-ring (bicyclic) bond motifs is 3. The third-order valence-electron chi connectivity index (χ3n) is 5.86. The zero-order chi connectivity index (χ0) is 22.4. The third kappa shape index (κ3) is 3.67. The van der Waals surface area contributed by atoms with Gasteiger partial charge in [-0.15, -0.1) is 0 Å². The van der Waals surface area contributed by atoms with Crippen LogP contribution in [0.5, 0.6) is 0 Å². The molecule has 0 radical (unpaired) electrons. The predicted octanol–water partition coefficient (Wildman–Crippen LogP) is 8.43. The van der Waals surface area contributed by atoms with E-state index in [0.717, 1.165) is 47.9 Å². The highest BCUT2D eigenvalue weighted by molar-refractivity contribution is 9.11. The van der Waals surface area contributed by atoms with Crippen LogP contribution in [0.2, 0.25) is 0 Å². The number of nitrogens with zero attached hydrogens (tertiary/aromatic N) is 3. The van der Waals surface area contributed by atoms with Crippen LogP contribution in [0.15, 0.2) is 113 Å². The van der Waals surface area contributed by atoms with E-state index >= 15 is 0 Å². The first kappa shape index (κ1) is 20.3. The van der Waals surface area contributed by atoms with E-state index in [9.17, 15) is 0 Å². The fourth-order valence-electron chi connectivity index (χ4n) is 4.40. The van der Waals surface area contributed by atoms with Crippen molar-refractivity contribution in [1.82, 2.24) is 14.5 Å². The van der Waals surface area contributed by atoms with Gasteiger partial charge in [-0.3, -0.25) is 9.97 Å². The molecule has 5 heteroatoms. The van der Waals surface area contributed by atoms with Crippen molar-refractivity contribution in [2.75, 3.05) is 0 Å². The molecule has 0 unspecified atom stereocenters. The zero-order valence-electron chi connectivity index (χ0n) is 17.4. The van der Waals surface area contributed by atoms with Gasteiger partial charge >= 0.3 is 0 Å². The van der Waals surface area contributed by atoms with Crippen molar-refractivity contribution < 1.29 is 0 Å². The number of rotatable bonds is 3.